The number of pyridine rings is 1. The molecule has 162 valence electrons. The van der Waals surface area contributed by atoms with Gasteiger partial charge in [-0.15, -0.1) is 0 Å². The molecule has 0 atom stereocenters. The molecule has 1 aliphatic heterocycles. The molecule has 0 spiro atoms. The number of benzene rings is 1. The van der Waals surface area contributed by atoms with Gasteiger partial charge >= 0.3 is 6.18 Å². The summed E-state index contributed by atoms with van der Waals surface area (Å²) < 4.78 is 49.0. The number of ether oxygens (including phenoxy) is 2. The first-order valence-electron chi connectivity index (χ1n) is 9.71. The van der Waals surface area contributed by atoms with Crippen LogP contribution in [0.4, 0.5) is 19.0 Å². The molecule has 1 aromatic heterocycles. The van der Waals surface area contributed by atoms with Crippen LogP contribution in [-0.4, -0.2) is 55.7 Å². The van der Waals surface area contributed by atoms with E-state index in [0.29, 0.717) is 55.7 Å². The van der Waals surface area contributed by atoms with E-state index in [0.717, 1.165) is 18.7 Å². The Balaban J connectivity index is 1.62. The summed E-state index contributed by atoms with van der Waals surface area (Å²) in [5.74, 6) is 1.43. The zero-order valence-electron chi connectivity index (χ0n) is 16.9. The number of hydrogen-bond acceptors (Lipinski definition) is 5. The summed E-state index contributed by atoms with van der Waals surface area (Å²) in [6.07, 6.45) is -2.71. The Morgan fingerprint density at radius 3 is 2.40 bits per heavy atom. The topological polar surface area (TPSA) is 54.9 Å². The van der Waals surface area contributed by atoms with Crippen LogP contribution in [0.1, 0.15) is 29.3 Å². The maximum absolute atomic E-state index is 12.9. The fraction of sp³-hybridized carbons (Fsp3) is 0.429. The lowest BCUT2D eigenvalue weighted by atomic mass is 10.1. The molecule has 0 bridgehead atoms. The number of methoxy groups -OCH3 is 1. The lowest BCUT2D eigenvalue weighted by Crippen LogP contribution is -2.49. The van der Waals surface area contributed by atoms with Crippen LogP contribution in [0.25, 0.3) is 0 Å². The molecule has 0 radical (unpaired) electrons. The van der Waals surface area contributed by atoms with E-state index in [4.69, 9.17) is 9.47 Å². The minimum absolute atomic E-state index is 0.129. The number of anilines is 1. The second kappa shape index (κ2) is 9.23. The Bertz CT molecular complexity index is 864. The average molecular weight is 423 g/mol. The summed E-state index contributed by atoms with van der Waals surface area (Å²) in [6, 6.07) is 7.48. The number of aromatic nitrogens is 1. The monoisotopic (exact) mass is 423 g/mol. The van der Waals surface area contributed by atoms with Gasteiger partial charge in [-0.3, -0.25) is 4.79 Å². The van der Waals surface area contributed by atoms with E-state index in [1.807, 2.05) is 11.8 Å². The number of amides is 1. The van der Waals surface area contributed by atoms with Gasteiger partial charge in [-0.2, -0.15) is 13.2 Å². The van der Waals surface area contributed by atoms with Crippen LogP contribution >= 0.6 is 0 Å². The second-order valence-corrected chi connectivity index (χ2v) is 6.90. The summed E-state index contributed by atoms with van der Waals surface area (Å²) >= 11 is 0. The zero-order valence-corrected chi connectivity index (χ0v) is 16.9. The second-order valence-electron chi connectivity index (χ2n) is 6.90. The van der Waals surface area contributed by atoms with Crippen LogP contribution in [-0.2, 0) is 6.18 Å². The Morgan fingerprint density at radius 2 is 1.83 bits per heavy atom. The summed E-state index contributed by atoms with van der Waals surface area (Å²) in [5.41, 5.74) is -0.280. The molecule has 0 aliphatic carbocycles. The van der Waals surface area contributed by atoms with Gasteiger partial charge in [-0.25, -0.2) is 4.98 Å². The van der Waals surface area contributed by atoms with Crippen molar-refractivity contribution >= 4 is 11.7 Å². The molecule has 3 rings (SSSR count). The van der Waals surface area contributed by atoms with E-state index in [-0.39, 0.29) is 5.91 Å². The Hall–Kier alpha value is -2.97. The molecule has 6 nitrogen and oxygen atoms in total. The smallest absolute Gasteiger partial charge is 0.417 e. The number of piperazine rings is 1. The van der Waals surface area contributed by atoms with E-state index >= 15 is 0 Å². The van der Waals surface area contributed by atoms with Gasteiger partial charge in [0.05, 0.1) is 19.3 Å². The van der Waals surface area contributed by atoms with E-state index < -0.39 is 11.7 Å². The molecule has 1 saturated heterocycles. The largest absolute Gasteiger partial charge is 0.493 e. The van der Waals surface area contributed by atoms with Crippen LogP contribution < -0.4 is 14.4 Å². The maximum atomic E-state index is 12.9. The molecule has 0 N–H and O–H groups in total. The van der Waals surface area contributed by atoms with Crippen LogP contribution in [0.2, 0.25) is 0 Å². The van der Waals surface area contributed by atoms with Crippen LogP contribution in [0.3, 0.4) is 0 Å². The normalized spacial score (nSPS) is 14.6. The molecule has 1 fully saturated rings. The highest BCUT2D eigenvalue weighted by molar-refractivity contribution is 5.95. The Labute approximate surface area is 173 Å². The number of rotatable bonds is 6. The molecule has 0 unspecified atom stereocenters. The van der Waals surface area contributed by atoms with Crippen molar-refractivity contribution in [3.8, 4) is 11.5 Å². The van der Waals surface area contributed by atoms with Crippen molar-refractivity contribution < 1.29 is 27.4 Å². The number of carbonyl (C=O) groups is 1. The summed E-state index contributed by atoms with van der Waals surface area (Å²) in [4.78, 5) is 20.4. The van der Waals surface area contributed by atoms with Crippen molar-refractivity contribution in [1.82, 2.24) is 9.88 Å². The van der Waals surface area contributed by atoms with Gasteiger partial charge < -0.3 is 19.3 Å². The highest BCUT2D eigenvalue weighted by atomic mass is 19.4. The lowest BCUT2D eigenvalue weighted by Gasteiger charge is -2.35. The van der Waals surface area contributed by atoms with E-state index in [2.05, 4.69) is 4.98 Å². The van der Waals surface area contributed by atoms with E-state index in [1.54, 1.807) is 23.1 Å². The third-order valence-electron chi connectivity index (χ3n) is 4.84. The first-order chi connectivity index (χ1) is 14.3. The zero-order chi connectivity index (χ0) is 21.7. The molecule has 30 heavy (non-hydrogen) atoms. The predicted octanol–water partition coefficient (Wildman–Crippen LogP) is 3.86. The minimum atomic E-state index is -4.41. The van der Waals surface area contributed by atoms with Gasteiger partial charge in [-0.1, -0.05) is 6.92 Å². The predicted molar refractivity (Wildman–Crippen MR) is 106 cm³/mol. The van der Waals surface area contributed by atoms with Crippen molar-refractivity contribution in [3.63, 3.8) is 0 Å². The van der Waals surface area contributed by atoms with E-state index in [9.17, 15) is 18.0 Å². The molecule has 2 aromatic rings. The number of alkyl halides is 3. The van der Waals surface area contributed by atoms with Gasteiger partial charge in [0.25, 0.3) is 5.91 Å². The fourth-order valence-corrected chi connectivity index (χ4v) is 3.19. The SMILES string of the molecule is CCCOc1ccc(C(=O)N2CCN(c3ccc(C(F)(F)F)cn3)CC2)cc1OC. The van der Waals surface area contributed by atoms with Gasteiger partial charge in [0.15, 0.2) is 11.5 Å². The number of hydrogen-bond donors (Lipinski definition) is 0. The molecule has 0 saturated carbocycles. The number of halogens is 3. The van der Waals surface area contributed by atoms with E-state index in [1.165, 1.54) is 13.2 Å². The third kappa shape index (κ3) is 4.95. The quantitative estimate of drug-likeness (QED) is 0.706. The first-order valence-corrected chi connectivity index (χ1v) is 9.71. The van der Waals surface area contributed by atoms with Gasteiger partial charge in [0, 0.05) is 37.9 Å². The fourth-order valence-electron chi connectivity index (χ4n) is 3.19. The molecule has 2 heterocycles. The van der Waals surface area contributed by atoms with Crippen molar-refractivity contribution in [2.75, 3.05) is 44.8 Å². The lowest BCUT2D eigenvalue weighted by molar-refractivity contribution is -0.137. The van der Waals surface area contributed by atoms with Gasteiger partial charge in [0.1, 0.15) is 5.82 Å². The molecular weight excluding hydrogens is 399 g/mol. The van der Waals surface area contributed by atoms with Crippen LogP contribution in [0.5, 0.6) is 11.5 Å². The summed E-state index contributed by atoms with van der Waals surface area (Å²) in [7, 11) is 1.53. The number of carbonyl (C=O) groups excluding carboxylic acids is 1. The van der Waals surface area contributed by atoms with Crippen molar-refractivity contribution in [3.05, 3.63) is 47.7 Å². The van der Waals surface area contributed by atoms with Crippen molar-refractivity contribution in [2.24, 2.45) is 0 Å². The van der Waals surface area contributed by atoms with Crippen molar-refractivity contribution in [1.29, 1.82) is 0 Å². The summed E-state index contributed by atoms with van der Waals surface area (Å²) in [6.45, 7) is 4.42. The Kier molecular flexibility index (Phi) is 6.69. The summed E-state index contributed by atoms with van der Waals surface area (Å²) in [5, 5.41) is 0. The van der Waals surface area contributed by atoms with Gasteiger partial charge in [0.2, 0.25) is 0 Å². The highest BCUT2D eigenvalue weighted by Gasteiger charge is 2.31. The molecular formula is C21H24F3N3O3. The van der Waals surface area contributed by atoms with Crippen molar-refractivity contribution in [2.45, 2.75) is 19.5 Å². The maximum Gasteiger partial charge on any atom is 0.417 e. The number of nitrogens with zero attached hydrogens (tertiary/aromatic N) is 3. The molecule has 1 amide bonds. The van der Waals surface area contributed by atoms with Crippen LogP contribution in [0.15, 0.2) is 36.5 Å². The average Bonchev–Trinajstić information content (AvgIpc) is 2.76. The molecule has 9 heteroatoms. The first kappa shape index (κ1) is 21.7. The Morgan fingerprint density at radius 1 is 1.10 bits per heavy atom. The van der Waals surface area contributed by atoms with Crippen LogP contribution in [0, 0.1) is 0 Å². The highest BCUT2D eigenvalue weighted by Crippen LogP contribution is 2.30. The molecule has 1 aliphatic rings. The minimum Gasteiger partial charge on any atom is -0.493 e. The third-order valence-corrected chi connectivity index (χ3v) is 4.84. The standard InChI is InChI=1S/C21H24F3N3O3/c1-3-12-30-17-6-4-15(13-18(17)29-2)20(28)27-10-8-26(9-11-27)19-7-5-16(14-25-19)21(22,23)24/h4-7,13-14H,3,8-12H2,1-2H3. The molecule has 1 aromatic carbocycles. The van der Waals surface area contributed by atoms with Gasteiger partial charge in [-0.05, 0) is 36.8 Å².